The molecule has 43 heteroatoms. The molecule has 3 saturated heterocycles. The van der Waals surface area contributed by atoms with Gasteiger partial charge in [0.05, 0.1) is 73.0 Å². The number of carbonyl (C=O) groups is 5. The van der Waals surface area contributed by atoms with Crippen molar-refractivity contribution < 1.29 is 95.1 Å². The number of nitrogens with two attached hydrogens (primary N) is 3. The van der Waals surface area contributed by atoms with Crippen LogP contribution in [0.25, 0.3) is 11.0 Å². The zero-order chi connectivity index (χ0) is 75.5. The van der Waals surface area contributed by atoms with E-state index in [0.717, 1.165) is 46.9 Å². The largest absolute Gasteiger partial charge is 0.472 e. The number of amides is 3. The van der Waals surface area contributed by atoms with Gasteiger partial charge in [-0.2, -0.15) is 0 Å². The summed E-state index contributed by atoms with van der Waals surface area (Å²) in [5, 5.41) is 43.0. The van der Waals surface area contributed by atoms with E-state index in [1.165, 1.54) is 49.1 Å². The Morgan fingerprint density at radius 3 is 1.87 bits per heavy atom. The quantitative estimate of drug-likeness (QED) is 0.00653. The number of aliphatic hydroxyl groups is 2. The molecule has 7 heterocycles. The van der Waals surface area contributed by atoms with Crippen LogP contribution in [0.1, 0.15) is 100 Å². The first-order valence-electron chi connectivity index (χ1n) is 30.9. The minimum Gasteiger partial charge on any atom is -0.390 e. The second kappa shape index (κ2) is 33.8. The third-order valence-corrected chi connectivity index (χ3v) is 17.9. The average molecular weight is 1490 g/mol. The van der Waals surface area contributed by atoms with Crippen LogP contribution in [0.4, 0.5) is 17.2 Å². The highest BCUT2D eigenvalue weighted by Gasteiger charge is 2.47. The van der Waals surface area contributed by atoms with Crippen LogP contribution in [-0.4, -0.2) is 190 Å². The molecule has 3 fully saturated rings. The zero-order valence-electron chi connectivity index (χ0n) is 54.7. The number of hydrogen-bond donors (Lipinski definition) is 12. The summed E-state index contributed by atoms with van der Waals surface area (Å²) in [7, 11) is -9.57. The highest BCUT2D eigenvalue weighted by atomic mass is 31.2. The Morgan fingerprint density at radius 1 is 0.750 bits per heavy atom. The number of rotatable bonds is 27. The van der Waals surface area contributed by atoms with E-state index in [-0.39, 0.29) is 69.9 Å². The first-order valence-corrected chi connectivity index (χ1v) is 33.9. The molecule has 0 bridgehead atoms. The molecule has 3 amide bonds. The Hall–Kier alpha value is -10.5. The maximum Gasteiger partial charge on any atom is 0.472 e. The van der Waals surface area contributed by atoms with Crippen LogP contribution in [0.2, 0.25) is 0 Å². The summed E-state index contributed by atoms with van der Waals surface area (Å²) in [4.78, 5) is 171. The van der Waals surface area contributed by atoms with Crippen molar-refractivity contribution in [2.45, 2.75) is 101 Å². The number of ketones is 2. The molecule has 0 saturated carbocycles. The van der Waals surface area contributed by atoms with Crippen LogP contribution in [0.5, 0.6) is 0 Å². The normalized spacial score (nSPS) is 21.5. The van der Waals surface area contributed by atoms with Crippen molar-refractivity contribution in [3.05, 3.63) is 157 Å². The van der Waals surface area contributed by atoms with E-state index in [1.54, 1.807) is 0 Å². The first kappa shape index (κ1) is 77.7. The van der Waals surface area contributed by atoms with Crippen molar-refractivity contribution in [2.24, 2.45) is 16.6 Å². The van der Waals surface area contributed by atoms with Crippen LogP contribution < -0.4 is 55.6 Å². The number of nitro groups is 1. The molecule has 4 aromatic heterocycles. The molecule has 2 aromatic carbocycles. The molecular formula is C61H65N15O26P2. The van der Waals surface area contributed by atoms with Crippen LogP contribution >= 0.6 is 15.6 Å². The maximum atomic E-state index is 14.1. The molecule has 13 atom stereocenters. The Morgan fingerprint density at radius 2 is 1.29 bits per heavy atom. The number of benzene rings is 2. The first-order chi connectivity index (χ1) is 49.4. The number of phosphoric acid groups is 2. The maximum absolute atomic E-state index is 14.1. The van der Waals surface area contributed by atoms with Gasteiger partial charge >= 0.3 is 27.0 Å². The highest BCUT2D eigenvalue weighted by Crippen LogP contribution is 2.52. The number of nitrogens with one attached hydrogen (secondary N) is 5. The SMILES string of the molecule is COC[C@H]1O[C@@H](n2cc(C#CCNC(=O)CNC(=O)C(O)CNC(=O)C(N)CN)c(=O)[nH]c2=O)C[C@@H]1OP(=O)(O)OC[C@H]1O[C@@H](n2cc(C#Cc3ccc(C(C)=O)c([N+](=O)[O-])c3)c(=O)[nH]c2=O)C[C@@H]1OP(=O)(O)OC[C@H]1O[C@@H](n2cc(C#Cc3ccc(C(C)=O)c(N=O)c3)c3c(N)ncnc32)C[C@@H]1O. The van der Waals surface area contributed by atoms with Gasteiger partial charge in [-0.05, 0) is 49.4 Å². The summed E-state index contributed by atoms with van der Waals surface area (Å²) in [5.41, 5.74) is 11.9. The van der Waals surface area contributed by atoms with Gasteiger partial charge in [-0.1, -0.05) is 35.5 Å². The monoisotopic (exact) mass is 1490 g/mol. The van der Waals surface area contributed by atoms with Gasteiger partial charge in [-0.25, -0.2) is 28.7 Å². The number of anilines is 1. The molecule has 3 aliphatic rings. The standard InChI is InChI=1S/C61H65N15O26P2/c1-30(77)37-12-8-32(15-40(37)72-88)6-10-34-23-73(55-53(34)54(64)68-29-69-55)50-17-42(79)46(98-50)27-96-103(91,92)102-45-19-52(75-25-36(57(83)71-61(75)87)11-7-33-9-13-38(31(2)78)41(16-33)76(89)90)100-48(45)28-97-104(93,94)101-44-18-51(99-47(44)26-95-3)74-24-35(56(82)70-60(74)86)5-4-14-65-49(81)22-67-59(85)43(80)21-66-58(84)39(63)20-62/h8-9,12-13,15-16,23-25,29,39,42-48,50-52,79-80H,14,17-22,26-28,62-63H2,1-3H3,(H,65,81)(H,66,84)(H,67,85)(H,91,92)(H,93,94)(H2,64,68,69)(H,70,82,86)(H,71,83,87)/t39?,42-,43?,44-,45-,46+,47+,48+,50+,51+,52+/m0/s1. The van der Waals surface area contributed by atoms with Crippen LogP contribution in [-0.2, 0) is 60.6 Å². The van der Waals surface area contributed by atoms with E-state index in [2.05, 4.69) is 71.6 Å². The van der Waals surface area contributed by atoms with Crippen LogP contribution in [0.15, 0.2) is 85.7 Å². The predicted octanol–water partition coefficient (Wildman–Crippen LogP) is -2.15. The molecule has 15 N–H and O–H groups in total. The summed E-state index contributed by atoms with van der Waals surface area (Å²) in [5.74, 6) is 12.3. The highest BCUT2D eigenvalue weighted by molar-refractivity contribution is 7.47. The smallest absolute Gasteiger partial charge is 0.390 e. The van der Waals surface area contributed by atoms with Gasteiger partial charge in [0.25, 0.3) is 22.7 Å². The number of phosphoric ester groups is 2. The van der Waals surface area contributed by atoms with Crippen molar-refractivity contribution in [1.29, 1.82) is 0 Å². The van der Waals surface area contributed by atoms with E-state index >= 15 is 0 Å². The Labute approximate surface area is 584 Å². The van der Waals surface area contributed by atoms with Gasteiger partial charge in [0, 0.05) is 74.3 Å². The lowest BCUT2D eigenvalue weighted by Gasteiger charge is -2.24. The third-order valence-electron chi connectivity index (χ3n) is 15.9. The molecule has 0 radical (unpaired) electrons. The Bertz CT molecular complexity index is 4930. The number of nitrogen functional groups attached to an aromatic ring is 1. The molecule has 3 aliphatic heterocycles. The molecule has 6 aromatic rings. The van der Waals surface area contributed by atoms with E-state index in [4.69, 9.17) is 54.2 Å². The summed E-state index contributed by atoms with van der Waals surface area (Å²) >= 11 is 0. The van der Waals surface area contributed by atoms with Gasteiger partial charge in [-0.15, -0.1) is 4.91 Å². The van der Waals surface area contributed by atoms with E-state index in [0.29, 0.717) is 5.56 Å². The second-order valence-corrected chi connectivity index (χ2v) is 25.9. The Balaban J connectivity index is 0.896. The van der Waals surface area contributed by atoms with E-state index < -0.39 is 197 Å². The lowest BCUT2D eigenvalue weighted by Crippen LogP contribution is -2.50. The fourth-order valence-electron chi connectivity index (χ4n) is 10.7. The lowest BCUT2D eigenvalue weighted by molar-refractivity contribution is -0.385. The van der Waals surface area contributed by atoms with E-state index in [9.17, 15) is 87.3 Å². The number of carbonyl (C=O) groups excluding carboxylic acids is 5. The number of Topliss-reactive ketones (excluding diaryl/α,β-unsaturated/α-hetero) is 2. The van der Waals surface area contributed by atoms with Gasteiger partial charge < -0.3 is 76.7 Å². The molecule has 104 heavy (non-hydrogen) atoms. The topological polar surface area (TPSA) is 601 Å². The van der Waals surface area contributed by atoms with Gasteiger partial charge in [-0.3, -0.25) is 80.9 Å². The average Bonchev–Trinajstić information content (AvgIpc) is 1.61. The number of aliphatic hydroxyl groups excluding tert-OH is 2. The fourth-order valence-corrected chi connectivity index (χ4v) is 12.6. The van der Waals surface area contributed by atoms with Crippen molar-refractivity contribution >= 4 is 73.2 Å². The van der Waals surface area contributed by atoms with Gasteiger partial charge in [0.1, 0.15) is 89.9 Å². The lowest BCUT2D eigenvalue weighted by atomic mass is 10.1. The second-order valence-electron chi connectivity index (χ2n) is 23.1. The number of fused-ring (bicyclic) bond motifs is 1. The van der Waals surface area contributed by atoms with Gasteiger partial charge in [0.2, 0.25) is 11.8 Å². The number of nitrogens with zero attached hydrogens (tertiary/aromatic N) is 7. The third kappa shape index (κ3) is 19.2. The summed E-state index contributed by atoms with van der Waals surface area (Å²) < 4.78 is 76.6. The molecule has 41 nitrogen and oxygen atoms in total. The number of nitroso groups, excluding NO2 is 1. The summed E-state index contributed by atoms with van der Waals surface area (Å²) in [6.45, 7) is -1.64. The van der Waals surface area contributed by atoms with E-state index in [1.807, 2.05) is 4.98 Å². The fraction of sp³-hybridized carbons (Fsp3) is 0.393. The molecule has 4 unspecified atom stereocenters. The van der Waals surface area contributed by atoms with Crippen LogP contribution in [0.3, 0.4) is 0 Å². The van der Waals surface area contributed by atoms with Crippen LogP contribution in [0, 0.1) is 50.5 Å². The molecule has 9 rings (SSSR count). The minimum absolute atomic E-state index is 0.00135. The predicted molar refractivity (Wildman–Crippen MR) is 355 cm³/mol. The number of nitro benzene ring substituents is 1. The number of aromatic amines is 2. The van der Waals surface area contributed by atoms with Gasteiger partial charge in [0.15, 0.2) is 11.6 Å². The number of methoxy groups -OCH3 is 1. The van der Waals surface area contributed by atoms with Crippen molar-refractivity contribution in [3.8, 4) is 35.5 Å². The van der Waals surface area contributed by atoms with Crippen molar-refractivity contribution in [2.75, 3.05) is 58.8 Å². The molecule has 0 spiro atoms. The summed E-state index contributed by atoms with van der Waals surface area (Å²) in [6.07, 6.45) is -11.4. The number of aromatic nitrogens is 7. The Kier molecular flexibility index (Phi) is 25.2. The summed E-state index contributed by atoms with van der Waals surface area (Å²) in [6, 6.07) is 6.56. The number of hydrogen-bond acceptors (Lipinski definition) is 30. The molecular weight excluding hydrogens is 1420 g/mol. The molecule has 0 aliphatic carbocycles. The number of ether oxygens (including phenoxy) is 4. The van der Waals surface area contributed by atoms with Crippen molar-refractivity contribution in [1.82, 2.24) is 49.6 Å². The molecule has 550 valence electrons. The zero-order valence-corrected chi connectivity index (χ0v) is 56.5. The minimum atomic E-state index is -5.41. The number of H-pyrrole nitrogens is 2. The van der Waals surface area contributed by atoms with Crippen molar-refractivity contribution in [3.63, 3.8) is 0 Å².